The molecule has 1 aliphatic rings. The quantitative estimate of drug-likeness (QED) is 0.393. The van der Waals surface area contributed by atoms with Crippen molar-refractivity contribution in [3.05, 3.63) is 65.1 Å². The standard InChI is InChI=1S/C26H26ClN7O/c1-17-13-20(15-22(27)29-17)24-25(19-4-2-3-18(14-19)16-28)32-34-10-7-23(31-26(24)34)30-21-5-8-33(9-6-21)11-12-35/h2-4,7,10,13-15,21,35H,5-6,8-9,11-12H2,1H3,(H,30,31). The topological polar surface area (TPSA) is 102 Å². The van der Waals surface area contributed by atoms with Crippen LogP contribution in [0.5, 0.6) is 0 Å². The van der Waals surface area contributed by atoms with Crippen molar-refractivity contribution in [2.45, 2.75) is 25.8 Å². The number of aliphatic hydroxyl groups excluding tert-OH is 1. The summed E-state index contributed by atoms with van der Waals surface area (Å²) in [5.41, 5.74) is 5.34. The molecule has 5 rings (SSSR count). The molecule has 1 aromatic carbocycles. The molecule has 9 heteroatoms. The summed E-state index contributed by atoms with van der Waals surface area (Å²) in [4.78, 5) is 11.5. The predicted octanol–water partition coefficient (Wildman–Crippen LogP) is 4.16. The van der Waals surface area contributed by atoms with E-state index in [1.165, 1.54) is 0 Å². The van der Waals surface area contributed by atoms with Crippen LogP contribution in [0.3, 0.4) is 0 Å². The number of aromatic nitrogens is 4. The molecular formula is C26H26ClN7O. The third kappa shape index (κ3) is 4.98. The van der Waals surface area contributed by atoms with Crippen LogP contribution in [0.1, 0.15) is 24.1 Å². The number of piperidine rings is 1. The van der Waals surface area contributed by atoms with Crippen LogP contribution in [0, 0.1) is 18.3 Å². The molecule has 0 radical (unpaired) electrons. The number of halogens is 1. The minimum atomic E-state index is 0.193. The Balaban J connectivity index is 1.57. The van der Waals surface area contributed by atoms with Gasteiger partial charge in [-0.2, -0.15) is 10.4 Å². The van der Waals surface area contributed by atoms with Gasteiger partial charge < -0.3 is 15.3 Å². The van der Waals surface area contributed by atoms with Gasteiger partial charge >= 0.3 is 0 Å². The molecule has 4 heterocycles. The number of hydrogen-bond acceptors (Lipinski definition) is 7. The lowest BCUT2D eigenvalue weighted by molar-refractivity contribution is 0.168. The van der Waals surface area contributed by atoms with Gasteiger partial charge in [0.2, 0.25) is 0 Å². The van der Waals surface area contributed by atoms with Crippen molar-refractivity contribution in [1.82, 2.24) is 24.5 Å². The third-order valence-electron chi connectivity index (χ3n) is 6.32. The van der Waals surface area contributed by atoms with E-state index in [0.717, 1.165) is 66.4 Å². The van der Waals surface area contributed by atoms with Crippen molar-refractivity contribution in [2.24, 2.45) is 0 Å². The van der Waals surface area contributed by atoms with Gasteiger partial charge in [-0.25, -0.2) is 14.5 Å². The Morgan fingerprint density at radius 3 is 2.71 bits per heavy atom. The zero-order valence-electron chi connectivity index (χ0n) is 19.4. The number of benzene rings is 1. The second kappa shape index (κ2) is 10.0. The number of likely N-dealkylation sites (tertiary alicyclic amines) is 1. The van der Waals surface area contributed by atoms with E-state index in [1.54, 1.807) is 10.6 Å². The van der Waals surface area contributed by atoms with Gasteiger partial charge in [-0.15, -0.1) is 0 Å². The summed E-state index contributed by atoms with van der Waals surface area (Å²) < 4.78 is 1.77. The van der Waals surface area contributed by atoms with Crippen LogP contribution < -0.4 is 5.32 Å². The molecule has 1 saturated heterocycles. The van der Waals surface area contributed by atoms with Gasteiger partial charge in [-0.05, 0) is 55.7 Å². The molecule has 0 bridgehead atoms. The molecule has 35 heavy (non-hydrogen) atoms. The Hall–Kier alpha value is -3.51. The lowest BCUT2D eigenvalue weighted by Gasteiger charge is -2.32. The number of nitriles is 1. The maximum Gasteiger partial charge on any atom is 0.165 e. The van der Waals surface area contributed by atoms with Crippen LogP contribution in [0.15, 0.2) is 48.7 Å². The van der Waals surface area contributed by atoms with Gasteiger partial charge in [0.05, 0.1) is 23.8 Å². The van der Waals surface area contributed by atoms with Crippen LogP contribution >= 0.6 is 11.6 Å². The summed E-state index contributed by atoms with van der Waals surface area (Å²) in [6.45, 7) is 4.72. The van der Waals surface area contributed by atoms with Crippen molar-refractivity contribution in [3.63, 3.8) is 0 Å². The maximum absolute atomic E-state index is 9.41. The number of aliphatic hydroxyl groups is 1. The van der Waals surface area contributed by atoms with Crippen LogP contribution in [0.4, 0.5) is 5.82 Å². The number of anilines is 1. The van der Waals surface area contributed by atoms with Gasteiger partial charge in [0.1, 0.15) is 16.7 Å². The largest absolute Gasteiger partial charge is 0.395 e. The molecule has 0 unspecified atom stereocenters. The zero-order valence-corrected chi connectivity index (χ0v) is 20.2. The van der Waals surface area contributed by atoms with Crippen LogP contribution in [-0.4, -0.2) is 61.9 Å². The molecule has 0 atom stereocenters. The highest BCUT2D eigenvalue weighted by Gasteiger charge is 2.22. The van der Waals surface area contributed by atoms with E-state index >= 15 is 0 Å². The molecule has 2 N–H and O–H groups in total. The SMILES string of the molecule is Cc1cc(-c2c(-c3cccc(C#N)c3)nn3ccc(NC4CCN(CCO)CC4)nc23)cc(Cl)n1. The summed E-state index contributed by atoms with van der Waals surface area (Å²) in [6.07, 6.45) is 3.89. The average molecular weight is 488 g/mol. The Bertz CT molecular complexity index is 1380. The number of nitrogens with zero attached hydrogens (tertiary/aromatic N) is 6. The molecule has 4 aromatic rings. The summed E-state index contributed by atoms with van der Waals surface area (Å²) in [5.74, 6) is 0.786. The lowest BCUT2D eigenvalue weighted by atomic mass is 10.00. The highest BCUT2D eigenvalue weighted by atomic mass is 35.5. The second-order valence-corrected chi connectivity index (χ2v) is 9.19. The van der Waals surface area contributed by atoms with Crippen molar-refractivity contribution in [1.29, 1.82) is 5.26 Å². The van der Waals surface area contributed by atoms with Gasteiger partial charge in [0.15, 0.2) is 5.65 Å². The normalized spacial score (nSPS) is 14.8. The van der Waals surface area contributed by atoms with Crippen molar-refractivity contribution < 1.29 is 5.11 Å². The molecule has 1 aliphatic heterocycles. The Morgan fingerprint density at radius 2 is 1.97 bits per heavy atom. The molecular weight excluding hydrogens is 462 g/mol. The Morgan fingerprint density at radius 1 is 1.14 bits per heavy atom. The third-order valence-corrected chi connectivity index (χ3v) is 6.51. The highest BCUT2D eigenvalue weighted by molar-refractivity contribution is 6.29. The number of nitrogens with one attached hydrogen (secondary N) is 1. The monoisotopic (exact) mass is 487 g/mol. The first-order valence-electron chi connectivity index (χ1n) is 11.7. The van der Waals surface area contributed by atoms with E-state index < -0.39 is 0 Å². The summed E-state index contributed by atoms with van der Waals surface area (Å²) >= 11 is 6.32. The van der Waals surface area contributed by atoms with Crippen LogP contribution in [0.2, 0.25) is 5.15 Å². The molecule has 0 amide bonds. The van der Waals surface area contributed by atoms with E-state index in [2.05, 4.69) is 21.3 Å². The van der Waals surface area contributed by atoms with E-state index in [1.807, 2.05) is 49.5 Å². The minimum absolute atomic E-state index is 0.193. The summed E-state index contributed by atoms with van der Waals surface area (Å²) in [7, 11) is 0. The van der Waals surface area contributed by atoms with Crippen molar-refractivity contribution >= 4 is 23.1 Å². The van der Waals surface area contributed by atoms with Gasteiger partial charge in [-0.1, -0.05) is 23.7 Å². The molecule has 0 spiro atoms. The highest BCUT2D eigenvalue weighted by Crippen LogP contribution is 2.36. The number of rotatable bonds is 6. The zero-order chi connectivity index (χ0) is 24.4. The second-order valence-electron chi connectivity index (χ2n) is 8.80. The number of aryl methyl sites for hydroxylation is 1. The predicted molar refractivity (Wildman–Crippen MR) is 136 cm³/mol. The van der Waals surface area contributed by atoms with Gasteiger partial charge in [0.25, 0.3) is 0 Å². The van der Waals surface area contributed by atoms with E-state index in [0.29, 0.717) is 22.4 Å². The molecule has 178 valence electrons. The number of fused-ring (bicyclic) bond motifs is 1. The van der Waals surface area contributed by atoms with Gasteiger partial charge in [0, 0.05) is 43.1 Å². The fourth-order valence-electron chi connectivity index (χ4n) is 4.64. The Kier molecular flexibility index (Phi) is 6.64. The number of pyridine rings is 1. The Labute approximate surface area is 208 Å². The first kappa shape index (κ1) is 23.2. The lowest BCUT2D eigenvalue weighted by Crippen LogP contribution is -2.40. The molecule has 8 nitrogen and oxygen atoms in total. The minimum Gasteiger partial charge on any atom is -0.395 e. The number of β-amino-alcohol motifs (C(OH)–C–C–N with tert-alkyl or cyclic N) is 1. The average Bonchev–Trinajstić information content (AvgIpc) is 3.24. The first-order valence-corrected chi connectivity index (χ1v) is 12.1. The van der Waals surface area contributed by atoms with Crippen LogP contribution in [0.25, 0.3) is 28.0 Å². The first-order chi connectivity index (χ1) is 17.0. The molecule has 0 aliphatic carbocycles. The van der Waals surface area contributed by atoms with Crippen LogP contribution in [-0.2, 0) is 0 Å². The van der Waals surface area contributed by atoms with Crippen molar-refractivity contribution in [3.8, 4) is 28.5 Å². The van der Waals surface area contributed by atoms with Gasteiger partial charge in [-0.3, -0.25) is 0 Å². The van der Waals surface area contributed by atoms with E-state index in [4.69, 9.17) is 21.7 Å². The molecule has 3 aromatic heterocycles. The summed E-state index contributed by atoms with van der Waals surface area (Å²) in [5, 5.41) is 27.4. The summed E-state index contributed by atoms with van der Waals surface area (Å²) in [6, 6.07) is 15.7. The fourth-order valence-corrected chi connectivity index (χ4v) is 4.89. The molecule has 0 saturated carbocycles. The fraction of sp³-hybridized carbons (Fsp3) is 0.308. The maximum atomic E-state index is 9.41. The smallest absolute Gasteiger partial charge is 0.165 e. The number of hydrogen-bond donors (Lipinski definition) is 2. The molecule has 1 fully saturated rings. The van der Waals surface area contributed by atoms with E-state index in [-0.39, 0.29) is 6.61 Å². The van der Waals surface area contributed by atoms with E-state index in [9.17, 15) is 10.4 Å². The van der Waals surface area contributed by atoms with Crippen molar-refractivity contribution in [2.75, 3.05) is 31.6 Å².